The van der Waals surface area contributed by atoms with Crippen LogP contribution < -0.4 is 0 Å². The Labute approximate surface area is 111 Å². The molecule has 0 atom stereocenters. The second-order valence-electron chi connectivity index (χ2n) is 4.86. The Morgan fingerprint density at radius 1 is 0.895 bits per heavy atom. The SMILES string of the molecule is Cc1ccc(-c2nc3cc(F)ccc3cc2C)cc1. The Kier molecular flexibility index (Phi) is 2.79. The fraction of sp³-hybridized carbons (Fsp3) is 0.118. The molecule has 3 aromatic rings. The lowest BCUT2D eigenvalue weighted by molar-refractivity contribution is 0.629. The van der Waals surface area contributed by atoms with E-state index in [0.29, 0.717) is 5.52 Å². The largest absolute Gasteiger partial charge is 0.247 e. The fourth-order valence-electron chi connectivity index (χ4n) is 2.25. The predicted octanol–water partition coefficient (Wildman–Crippen LogP) is 4.66. The zero-order valence-corrected chi connectivity index (χ0v) is 10.9. The summed E-state index contributed by atoms with van der Waals surface area (Å²) in [6, 6.07) is 15.0. The number of pyridine rings is 1. The molecular weight excluding hydrogens is 237 g/mol. The third kappa shape index (κ3) is 2.22. The van der Waals surface area contributed by atoms with E-state index in [9.17, 15) is 4.39 Å². The van der Waals surface area contributed by atoms with Gasteiger partial charge >= 0.3 is 0 Å². The fourth-order valence-corrected chi connectivity index (χ4v) is 2.25. The van der Waals surface area contributed by atoms with Gasteiger partial charge in [0.15, 0.2) is 0 Å². The minimum atomic E-state index is -0.251. The normalized spacial score (nSPS) is 10.9. The molecule has 1 heterocycles. The van der Waals surface area contributed by atoms with E-state index in [1.807, 2.05) is 6.92 Å². The van der Waals surface area contributed by atoms with Crippen molar-refractivity contribution in [1.29, 1.82) is 0 Å². The second-order valence-corrected chi connectivity index (χ2v) is 4.86. The number of hydrogen-bond donors (Lipinski definition) is 0. The maximum absolute atomic E-state index is 13.3. The van der Waals surface area contributed by atoms with Gasteiger partial charge in [-0.05, 0) is 37.6 Å². The van der Waals surface area contributed by atoms with Crippen LogP contribution in [0.5, 0.6) is 0 Å². The van der Waals surface area contributed by atoms with E-state index in [1.165, 1.54) is 17.7 Å². The summed E-state index contributed by atoms with van der Waals surface area (Å²) in [5.41, 5.74) is 4.99. The zero-order chi connectivity index (χ0) is 13.4. The van der Waals surface area contributed by atoms with Gasteiger partial charge in [0.2, 0.25) is 0 Å². The van der Waals surface area contributed by atoms with E-state index in [1.54, 1.807) is 6.07 Å². The van der Waals surface area contributed by atoms with E-state index in [2.05, 4.69) is 42.2 Å². The smallest absolute Gasteiger partial charge is 0.125 e. The molecule has 0 N–H and O–H groups in total. The number of halogens is 1. The second kappa shape index (κ2) is 4.47. The molecule has 1 aromatic heterocycles. The van der Waals surface area contributed by atoms with Crippen molar-refractivity contribution >= 4 is 10.9 Å². The van der Waals surface area contributed by atoms with Crippen molar-refractivity contribution in [2.75, 3.05) is 0 Å². The number of rotatable bonds is 1. The summed E-state index contributed by atoms with van der Waals surface area (Å²) in [7, 11) is 0. The summed E-state index contributed by atoms with van der Waals surface area (Å²) >= 11 is 0. The third-order valence-corrected chi connectivity index (χ3v) is 3.30. The highest BCUT2D eigenvalue weighted by atomic mass is 19.1. The molecule has 94 valence electrons. The highest BCUT2D eigenvalue weighted by Gasteiger charge is 2.06. The van der Waals surface area contributed by atoms with E-state index in [0.717, 1.165) is 22.2 Å². The van der Waals surface area contributed by atoms with Crippen LogP contribution in [-0.4, -0.2) is 4.98 Å². The Balaban J connectivity index is 2.23. The molecule has 0 aliphatic rings. The number of aryl methyl sites for hydroxylation is 2. The van der Waals surface area contributed by atoms with Crippen molar-refractivity contribution < 1.29 is 4.39 Å². The molecule has 0 saturated heterocycles. The number of fused-ring (bicyclic) bond motifs is 1. The van der Waals surface area contributed by atoms with Crippen LogP contribution in [0.25, 0.3) is 22.2 Å². The molecule has 0 fully saturated rings. The van der Waals surface area contributed by atoms with Gasteiger partial charge in [-0.15, -0.1) is 0 Å². The van der Waals surface area contributed by atoms with Crippen LogP contribution in [0.15, 0.2) is 48.5 Å². The average molecular weight is 251 g/mol. The summed E-state index contributed by atoms with van der Waals surface area (Å²) in [5, 5.41) is 0.967. The first-order chi connectivity index (χ1) is 9.13. The molecule has 0 radical (unpaired) electrons. The maximum Gasteiger partial charge on any atom is 0.125 e. The lowest BCUT2D eigenvalue weighted by atomic mass is 10.0. The summed E-state index contributed by atoms with van der Waals surface area (Å²) in [5.74, 6) is -0.251. The van der Waals surface area contributed by atoms with Crippen LogP contribution in [0.1, 0.15) is 11.1 Å². The van der Waals surface area contributed by atoms with Gasteiger partial charge in [-0.25, -0.2) is 9.37 Å². The third-order valence-electron chi connectivity index (χ3n) is 3.30. The molecule has 0 amide bonds. The predicted molar refractivity (Wildman–Crippen MR) is 76.6 cm³/mol. The number of nitrogens with zero attached hydrogens (tertiary/aromatic N) is 1. The van der Waals surface area contributed by atoms with Gasteiger partial charge in [0.25, 0.3) is 0 Å². The molecular formula is C17H14FN. The minimum Gasteiger partial charge on any atom is -0.247 e. The first-order valence-corrected chi connectivity index (χ1v) is 6.27. The Bertz CT molecular complexity index is 745. The molecule has 0 spiro atoms. The molecule has 1 nitrogen and oxygen atoms in total. The Morgan fingerprint density at radius 2 is 1.63 bits per heavy atom. The van der Waals surface area contributed by atoms with Crippen LogP contribution in [0, 0.1) is 19.7 Å². The molecule has 0 aliphatic heterocycles. The van der Waals surface area contributed by atoms with Crippen molar-refractivity contribution in [1.82, 2.24) is 4.98 Å². The van der Waals surface area contributed by atoms with Crippen molar-refractivity contribution in [3.05, 3.63) is 65.5 Å². The van der Waals surface area contributed by atoms with Gasteiger partial charge in [0.05, 0.1) is 11.2 Å². The highest BCUT2D eigenvalue weighted by molar-refractivity contribution is 5.83. The summed E-state index contributed by atoms with van der Waals surface area (Å²) in [4.78, 5) is 4.60. The zero-order valence-electron chi connectivity index (χ0n) is 10.9. The van der Waals surface area contributed by atoms with Crippen molar-refractivity contribution in [3.8, 4) is 11.3 Å². The summed E-state index contributed by atoms with van der Waals surface area (Å²) in [6.45, 7) is 4.09. The minimum absolute atomic E-state index is 0.251. The highest BCUT2D eigenvalue weighted by Crippen LogP contribution is 2.25. The van der Waals surface area contributed by atoms with E-state index in [4.69, 9.17) is 0 Å². The van der Waals surface area contributed by atoms with Crippen molar-refractivity contribution in [2.24, 2.45) is 0 Å². The molecule has 0 saturated carbocycles. The van der Waals surface area contributed by atoms with Crippen molar-refractivity contribution in [3.63, 3.8) is 0 Å². The maximum atomic E-state index is 13.3. The number of benzene rings is 2. The van der Waals surface area contributed by atoms with Crippen LogP contribution >= 0.6 is 0 Å². The van der Waals surface area contributed by atoms with E-state index < -0.39 is 0 Å². The van der Waals surface area contributed by atoms with Gasteiger partial charge in [0, 0.05) is 17.0 Å². The Hall–Kier alpha value is -2.22. The van der Waals surface area contributed by atoms with E-state index in [-0.39, 0.29) is 5.82 Å². The molecule has 2 heteroatoms. The van der Waals surface area contributed by atoms with Crippen LogP contribution in [0.3, 0.4) is 0 Å². The van der Waals surface area contributed by atoms with Crippen LogP contribution in [0.4, 0.5) is 4.39 Å². The van der Waals surface area contributed by atoms with Gasteiger partial charge in [-0.1, -0.05) is 29.8 Å². The quantitative estimate of drug-likeness (QED) is 0.613. The average Bonchev–Trinajstić information content (AvgIpc) is 2.40. The molecule has 0 unspecified atom stereocenters. The molecule has 3 rings (SSSR count). The van der Waals surface area contributed by atoms with Gasteiger partial charge in [0.1, 0.15) is 5.82 Å². The molecule has 0 aliphatic carbocycles. The van der Waals surface area contributed by atoms with Gasteiger partial charge in [-0.2, -0.15) is 0 Å². The first kappa shape index (κ1) is 11.8. The van der Waals surface area contributed by atoms with Crippen molar-refractivity contribution in [2.45, 2.75) is 13.8 Å². The number of aromatic nitrogens is 1. The molecule has 2 aromatic carbocycles. The molecule has 0 bridgehead atoms. The Morgan fingerprint density at radius 3 is 2.37 bits per heavy atom. The number of hydrogen-bond acceptors (Lipinski definition) is 1. The first-order valence-electron chi connectivity index (χ1n) is 6.27. The van der Waals surface area contributed by atoms with Crippen LogP contribution in [0.2, 0.25) is 0 Å². The standard InChI is InChI=1S/C17H14FN/c1-11-3-5-13(6-4-11)17-12(2)9-14-7-8-15(18)10-16(14)19-17/h3-10H,1-2H3. The van der Waals surface area contributed by atoms with Gasteiger partial charge < -0.3 is 0 Å². The van der Waals surface area contributed by atoms with Gasteiger partial charge in [-0.3, -0.25) is 0 Å². The molecule has 19 heavy (non-hydrogen) atoms. The lowest BCUT2D eigenvalue weighted by Crippen LogP contribution is -1.91. The van der Waals surface area contributed by atoms with Crippen LogP contribution in [-0.2, 0) is 0 Å². The monoisotopic (exact) mass is 251 g/mol. The lowest BCUT2D eigenvalue weighted by Gasteiger charge is -2.08. The summed E-state index contributed by atoms with van der Waals surface area (Å²) in [6.07, 6.45) is 0. The topological polar surface area (TPSA) is 12.9 Å². The summed E-state index contributed by atoms with van der Waals surface area (Å²) < 4.78 is 13.3. The van der Waals surface area contributed by atoms with E-state index >= 15 is 0 Å².